The highest BCUT2D eigenvalue weighted by atomic mass is 32.2. The highest BCUT2D eigenvalue weighted by molar-refractivity contribution is 7.92. The topological polar surface area (TPSA) is 118 Å². The Morgan fingerprint density at radius 2 is 1.58 bits per heavy atom. The minimum Gasteiger partial charge on any atom is -0.464 e. The highest BCUT2D eigenvalue weighted by Crippen LogP contribution is 2.42. The number of nitrogens with one attached hydrogen (secondary N) is 1. The van der Waals surface area contributed by atoms with Gasteiger partial charge in [-0.15, -0.1) is 13.2 Å². The molecule has 2 heterocycles. The first kappa shape index (κ1) is 37.1. The smallest absolute Gasteiger partial charge is 0.464 e. The van der Waals surface area contributed by atoms with Crippen LogP contribution in [0.5, 0.6) is 5.75 Å². The molecule has 0 aliphatic carbocycles. The summed E-state index contributed by atoms with van der Waals surface area (Å²) < 4.78 is 115. The van der Waals surface area contributed by atoms with E-state index in [0.29, 0.717) is 6.07 Å². The van der Waals surface area contributed by atoms with Gasteiger partial charge < -0.3 is 19.9 Å². The van der Waals surface area contributed by atoms with Gasteiger partial charge in [0.25, 0.3) is 10.0 Å². The van der Waals surface area contributed by atoms with Crippen LogP contribution in [0.25, 0.3) is 0 Å². The lowest BCUT2D eigenvalue weighted by atomic mass is 9.95. The predicted molar refractivity (Wildman–Crippen MR) is 154 cm³/mol. The van der Waals surface area contributed by atoms with E-state index in [-0.39, 0.29) is 34.9 Å². The van der Waals surface area contributed by atoms with Gasteiger partial charge in [0, 0.05) is 5.56 Å². The van der Waals surface area contributed by atoms with Crippen molar-refractivity contribution in [3.05, 3.63) is 71.4 Å². The van der Waals surface area contributed by atoms with Crippen LogP contribution in [0, 0.1) is 0 Å². The van der Waals surface area contributed by atoms with Gasteiger partial charge in [-0.3, -0.25) is 4.31 Å². The van der Waals surface area contributed by atoms with Crippen molar-refractivity contribution in [1.29, 1.82) is 0 Å². The third-order valence-corrected chi connectivity index (χ3v) is 7.76. The number of fused-ring (bicyclic) bond motifs is 2. The summed E-state index contributed by atoms with van der Waals surface area (Å²) in [5.41, 5.74) is -3.84. The lowest BCUT2D eigenvalue weighted by Crippen LogP contribution is -2.35. The van der Waals surface area contributed by atoms with E-state index in [1.54, 1.807) is 0 Å². The number of aliphatic hydroxyl groups is 1. The molecule has 1 aromatic heterocycles. The lowest BCUT2D eigenvalue weighted by molar-refractivity contribution is -0.274. The summed E-state index contributed by atoms with van der Waals surface area (Å²) in [4.78, 5) is 15.5. The number of carbonyl (C=O) groups excluding carboxylic acids is 1. The fourth-order valence-electron chi connectivity index (χ4n) is 3.94. The van der Waals surface area contributed by atoms with E-state index in [9.17, 15) is 44.7 Å². The molecule has 0 fully saturated rings. The minimum atomic E-state index is -5.02. The van der Waals surface area contributed by atoms with Gasteiger partial charge in [0.05, 0.1) is 29.4 Å². The SMILES string of the molecule is CC.CC.CCOC(=O)C(C)(O)c1ccc2c(c1)N(S(=O)(=O)c1ccc(OC(F)(F)F)cc1)Cc1ccc(C(F)(F)F)nc1N2. The molecule has 1 aliphatic heterocycles. The standard InChI is InChI=1S/C25H21F6N3O6S.2C2H6/c1-3-39-22(35)23(2,36)15-5-10-18-19(12-15)34(13-14-4-11-20(24(26,27)28)33-21(14)32-18)41(37,38)17-8-6-16(7-9-17)40-25(29,30)31;2*1-2/h4-12,36H,3,13H2,1-2H3,(H,32,33);2*1-2H3. The molecule has 0 radical (unpaired) electrons. The van der Waals surface area contributed by atoms with Crippen LogP contribution in [-0.2, 0) is 37.9 Å². The normalized spacial score (nSPS) is 14.0. The molecule has 4 rings (SSSR count). The zero-order valence-corrected chi connectivity index (χ0v) is 26.0. The second-order valence-corrected chi connectivity index (χ2v) is 10.7. The van der Waals surface area contributed by atoms with Crippen molar-refractivity contribution in [2.75, 3.05) is 16.2 Å². The Bertz CT molecular complexity index is 1580. The van der Waals surface area contributed by atoms with Crippen molar-refractivity contribution in [3.8, 4) is 5.75 Å². The maximum absolute atomic E-state index is 13.8. The first-order chi connectivity index (χ1) is 20.9. The van der Waals surface area contributed by atoms with Gasteiger partial charge in [0.2, 0.25) is 0 Å². The molecule has 2 N–H and O–H groups in total. The number of hydrogen-bond acceptors (Lipinski definition) is 8. The number of halogens is 6. The number of carbonyl (C=O) groups is 1. The predicted octanol–water partition coefficient (Wildman–Crippen LogP) is 7.27. The van der Waals surface area contributed by atoms with Crippen LogP contribution >= 0.6 is 0 Å². The van der Waals surface area contributed by atoms with Gasteiger partial charge >= 0.3 is 18.5 Å². The molecule has 0 spiro atoms. The van der Waals surface area contributed by atoms with Crippen molar-refractivity contribution in [3.63, 3.8) is 0 Å². The first-order valence-electron chi connectivity index (χ1n) is 13.7. The summed E-state index contributed by atoms with van der Waals surface area (Å²) >= 11 is 0. The molecule has 1 unspecified atom stereocenters. The number of ether oxygens (including phenoxy) is 2. The Balaban J connectivity index is 0.00000169. The number of aromatic nitrogens is 1. The van der Waals surface area contributed by atoms with Crippen LogP contribution in [0.4, 0.5) is 43.5 Å². The number of esters is 1. The summed E-state index contributed by atoms with van der Waals surface area (Å²) in [7, 11) is -4.62. The number of alkyl halides is 6. The summed E-state index contributed by atoms with van der Waals surface area (Å²) in [5.74, 6) is -2.04. The third-order valence-electron chi connectivity index (χ3n) is 5.98. The maximum Gasteiger partial charge on any atom is 0.573 e. The van der Waals surface area contributed by atoms with Gasteiger partial charge in [-0.1, -0.05) is 39.8 Å². The van der Waals surface area contributed by atoms with Gasteiger partial charge in [-0.25, -0.2) is 18.2 Å². The van der Waals surface area contributed by atoms with E-state index < -0.39 is 57.0 Å². The van der Waals surface area contributed by atoms with E-state index in [1.807, 2.05) is 27.7 Å². The molecule has 2 aromatic carbocycles. The zero-order chi connectivity index (χ0) is 34.4. The molecule has 0 bridgehead atoms. The molecule has 3 aromatic rings. The lowest BCUT2D eigenvalue weighted by Gasteiger charge is -2.27. The number of nitrogens with zero attached hydrogens (tertiary/aromatic N) is 2. The van der Waals surface area contributed by atoms with Crippen LogP contribution in [0.15, 0.2) is 59.5 Å². The van der Waals surface area contributed by atoms with E-state index in [1.165, 1.54) is 19.1 Å². The molecular formula is C29H33F6N3O6S. The maximum atomic E-state index is 13.8. The van der Waals surface area contributed by atoms with Gasteiger partial charge in [0.1, 0.15) is 17.3 Å². The van der Waals surface area contributed by atoms with Crippen molar-refractivity contribution in [2.24, 2.45) is 0 Å². The quantitative estimate of drug-likeness (QED) is 0.209. The Hall–Kier alpha value is -4.05. The number of sulfonamides is 1. The summed E-state index contributed by atoms with van der Waals surface area (Å²) in [6.07, 6.45) is -9.83. The van der Waals surface area contributed by atoms with Crippen LogP contribution in [-0.4, -0.2) is 37.4 Å². The fourth-order valence-corrected chi connectivity index (χ4v) is 5.39. The molecule has 16 heteroatoms. The molecule has 9 nitrogen and oxygen atoms in total. The fraction of sp³-hybridized carbons (Fsp3) is 0.379. The molecule has 0 saturated heterocycles. The van der Waals surface area contributed by atoms with Crippen molar-refractivity contribution in [1.82, 2.24) is 4.98 Å². The van der Waals surface area contributed by atoms with Crippen LogP contribution in [0.2, 0.25) is 0 Å². The number of anilines is 3. The summed E-state index contributed by atoms with van der Waals surface area (Å²) in [6, 6.07) is 8.60. The number of benzene rings is 2. The Kier molecular flexibility index (Phi) is 11.9. The number of hydrogen-bond donors (Lipinski definition) is 2. The Morgan fingerprint density at radius 3 is 2.11 bits per heavy atom. The van der Waals surface area contributed by atoms with Crippen molar-refractivity contribution < 1.29 is 54.1 Å². The average Bonchev–Trinajstić information content (AvgIpc) is 3.14. The second-order valence-electron chi connectivity index (χ2n) is 8.88. The van der Waals surface area contributed by atoms with Crippen LogP contribution in [0.1, 0.15) is 58.4 Å². The molecule has 248 valence electrons. The summed E-state index contributed by atoms with van der Waals surface area (Å²) in [5, 5.41) is 13.6. The number of pyridine rings is 1. The van der Waals surface area contributed by atoms with E-state index in [0.717, 1.165) is 47.6 Å². The van der Waals surface area contributed by atoms with Crippen LogP contribution in [0.3, 0.4) is 0 Å². The largest absolute Gasteiger partial charge is 0.573 e. The van der Waals surface area contributed by atoms with Gasteiger partial charge in [0.15, 0.2) is 5.60 Å². The molecule has 45 heavy (non-hydrogen) atoms. The first-order valence-corrected chi connectivity index (χ1v) is 15.1. The minimum absolute atomic E-state index is 0.0218. The molecule has 1 atom stereocenters. The molecular weight excluding hydrogens is 632 g/mol. The van der Waals surface area contributed by atoms with Crippen molar-refractivity contribution in [2.45, 2.75) is 71.1 Å². The van der Waals surface area contributed by atoms with Gasteiger partial charge in [-0.05, 0) is 61.9 Å². The summed E-state index contributed by atoms with van der Waals surface area (Å²) in [6.45, 7) is 9.97. The molecule has 0 amide bonds. The molecule has 0 saturated carbocycles. The van der Waals surface area contributed by atoms with E-state index >= 15 is 0 Å². The Morgan fingerprint density at radius 1 is 0.978 bits per heavy atom. The monoisotopic (exact) mass is 665 g/mol. The molecule has 1 aliphatic rings. The van der Waals surface area contributed by atoms with Crippen LogP contribution < -0.4 is 14.4 Å². The second kappa shape index (κ2) is 14.4. The average molecular weight is 666 g/mol. The Labute approximate surface area is 256 Å². The number of rotatable bonds is 6. The van der Waals surface area contributed by atoms with E-state index in [4.69, 9.17) is 4.74 Å². The van der Waals surface area contributed by atoms with Crippen molar-refractivity contribution >= 4 is 33.2 Å². The highest BCUT2D eigenvalue weighted by Gasteiger charge is 2.39. The van der Waals surface area contributed by atoms with Gasteiger partial charge in [-0.2, -0.15) is 13.2 Å². The third kappa shape index (κ3) is 8.57. The zero-order valence-electron chi connectivity index (χ0n) is 25.2. The van der Waals surface area contributed by atoms with E-state index in [2.05, 4.69) is 15.0 Å².